The number of nitrogens with zero attached hydrogens (tertiary/aromatic N) is 1. The molecule has 2 heteroatoms. The van der Waals surface area contributed by atoms with E-state index in [0.29, 0.717) is 16.9 Å². The fourth-order valence-electron chi connectivity index (χ4n) is 2.60. The first-order valence-corrected chi connectivity index (χ1v) is 6.08. The maximum atomic E-state index is 8.90. The lowest BCUT2D eigenvalue weighted by molar-refractivity contribution is 0.457. The molecule has 90 valence electrons. The van der Waals surface area contributed by atoms with Crippen LogP contribution in [0.25, 0.3) is 0 Å². The molecule has 0 bridgehead atoms. The highest BCUT2D eigenvalue weighted by Gasteiger charge is 2.64. The van der Waals surface area contributed by atoms with Crippen molar-refractivity contribution in [3.63, 3.8) is 0 Å². The smallest absolute Gasteiger partial charge is 0.0994 e. The van der Waals surface area contributed by atoms with Gasteiger partial charge in [0, 0.05) is 11.7 Å². The van der Waals surface area contributed by atoms with Gasteiger partial charge in [-0.3, -0.25) is 0 Å². The van der Waals surface area contributed by atoms with Gasteiger partial charge in [-0.2, -0.15) is 5.26 Å². The van der Waals surface area contributed by atoms with Crippen LogP contribution >= 0.6 is 0 Å². The summed E-state index contributed by atoms with van der Waals surface area (Å²) < 4.78 is 0. The van der Waals surface area contributed by atoms with E-state index in [9.17, 15) is 0 Å². The molecule has 1 fully saturated rings. The Balaban J connectivity index is 2.18. The summed E-state index contributed by atoms with van der Waals surface area (Å²) in [6.45, 7) is 11.2. The number of hydrogen-bond donors (Lipinski definition) is 1. The predicted molar refractivity (Wildman–Crippen MR) is 70.9 cm³/mol. The van der Waals surface area contributed by atoms with E-state index in [4.69, 9.17) is 5.26 Å². The summed E-state index contributed by atoms with van der Waals surface area (Å²) in [5, 5.41) is 12.5. The highest BCUT2D eigenvalue weighted by Crippen LogP contribution is 2.63. The zero-order valence-corrected chi connectivity index (χ0v) is 11.3. The van der Waals surface area contributed by atoms with E-state index in [2.05, 4.69) is 45.1 Å². The van der Waals surface area contributed by atoms with E-state index < -0.39 is 0 Å². The minimum atomic E-state index is 0.328. The topological polar surface area (TPSA) is 35.8 Å². The molecule has 17 heavy (non-hydrogen) atoms. The highest BCUT2D eigenvalue weighted by atomic mass is 15.0. The second kappa shape index (κ2) is 3.50. The Kier molecular flexibility index (Phi) is 2.47. The Bertz CT molecular complexity index is 478. The minimum absolute atomic E-state index is 0.328. The maximum absolute atomic E-state index is 8.90. The largest absolute Gasteiger partial charge is 0.381 e. The number of anilines is 1. The van der Waals surface area contributed by atoms with Crippen molar-refractivity contribution in [3.8, 4) is 6.07 Å². The van der Waals surface area contributed by atoms with E-state index in [1.54, 1.807) is 0 Å². The van der Waals surface area contributed by atoms with Crippen molar-refractivity contribution in [2.45, 2.75) is 40.7 Å². The molecule has 0 spiro atoms. The van der Waals surface area contributed by atoms with E-state index in [1.807, 2.05) is 19.1 Å². The molecule has 0 unspecified atom stereocenters. The fourth-order valence-corrected chi connectivity index (χ4v) is 2.60. The Hall–Kier alpha value is -1.49. The third-order valence-electron chi connectivity index (χ3n) is 4.68. The molecule has 0 heterocycles. The summed E-state index contributed by atoms with van der Waals surface area (Å²) in [6.07, 6.45) is 0. The van der Waals surface area contributed by atoms with Gasteiger partial charge in [0.2, 0.25) is 0 Å². The molecule has 0 amide bonds. The third kappa shape index (κ3) is 1.70. The van der Waals surface area contributed by atoms with Crippen LogP contribution < -0.4 is 5.32 Å². The Labute approximate surface area is 104 Å². The first-order valence-electron chi connectivity index (χ1n) is 6.08. The summed E-state index contributed by atoms with van der Waals surface area (Å²) in [5.41, 5.74) is 3.56. The van der Waals surface area contributed by atoms with Gasteiger partial charge in [-0.25, -0.2) is 0 Å². The Morgan fingerprint density at radius 2 is 1.76 bits per heavy atom. The molecule has 1 saturated carbocycles. The van der Waals surface area contributed by atoms with Gasteiger partial charge in [0.05, 0.1) is 11.6 Å². The van der Waals surface area contributed by atoms with Gasteiger partial charge in [0.15, 0.2) is 0 Å². The lowest BCUT2D eigenvalue weighted by atomic mass is 10.0. The number of rotatable bonds is 2. The first kappa shape index (κ1) is 12.0. The number of nitriles is 1. The molecule has 1 aliphatic rings. The van der Waals surface area contributed by atoms with Crippen molar-refractivity contribution in [2.24, 2.45) is 10.8 Å². The van der Waals surface area contributed by atoms with Crippen LogP contribution in [-0.4, -0.2) is 6.04 Å². The van der Waals surface area contributed by atoms with Crippen LogP contribution in [0.1, 0.15) is 38.8 Å². The summed E-state index contributed by atoms with van der Waals surface area (Å²) in [6, 6.07) is 8.64. The quantitative estimate of drug-likeness (QED) is 0.837. The zero-order valence-electron chi connectivity index (χ0n) is 11.3. The van der Waals surface area contributed by atoms with E-state index in [0.717, 1.165) is 16.8 Å². The number of hydrogen-bond acceptors (Lipinski definition) is 2. The van der Waals surface area contributed by atoms with Gasteiger partial charge in [-0.15, -0.1) is 0 Å². The summed E-state index contributed by atoms with van der Waals surface area (Å²) in [7, 11) is 0. The predicted octanol–water partition coefficient (Wildman–Crippen LogP) is 3.71. The van der Waals surface area contributed by atoms with E-state index >= 15 is 0 Å². The molecule has 1 aliphatic carbocycles. The van der Waals surface area contributed by atoms with Crippen molar-refractivity contribution in [1.29, 1.82) is 5.26 Å². The van der Waals surface area contributed by atoms with E-state index in [1.165, 1.54) is 0 Å². The summed E-state index contributed by atoms with van der Waals surface area (Å²) in [5.74, 6) is 0. The molecular formula is C15H20N2. The standard InChI is InChI=1S/C15H20N2/c1-10-8-12(7-6-11(10)9-16)17-13-14(2,3)15(13,4)5/h6-8,13,17H,1-5H3. The summed E-state index contributed by atoms with van der Waals surface area (Å²) >= 11 is 0. The number of nitrogens with one attached hydrogen (secondary N) is 1. The minimum Gasteiger partial charge on any atom is -0.381 e. The van der Waals surface area contributed by atoms with Crippen molar-refractivity contribution in [1.82, 2.24) is 0 Å². The van der Waals surface area contributed by atoms with Crippen LogP contribution in [0.3, 0.4) is 0 Å². The third-order valence-corrected chi connectivity index (χ3v) is 4.68. The van der Waals surface area contributed by atoms with Gasteiger partial charge < -0.3 is 5.32 Å². The van der Waals surface area contributed by atoms with Gasteiger partial charge in [0.1, 0.15) is 0 Å². The van der Waals surface area contributed by atoms with Gasteiger partial charge in [0.25, 0.3) is 0 Å². The zero-order chi connectivity index (χ0) is 12.8. The normalized spacial score (nSPS) is 20.7. The number of aryl methyl sites for hydroxylation is 1. The maximum Gasteiger partial charge on any atom is 0.0994 e. The molecule has 1 aromatic carbocycles. The molecule has 1 aromatic rings. The second-order valence-electron chi connectivity index (χ2n) is 6.16. The second-order valence-corrected chi connectivity index (χ2v) is 6.16. The summed E-state index contributed by atoms with van der Waals surface area (Å²) in [4.78, 5) is 0. The molecule has 0 radical (unpaired) electrons. The Morgan fingerprint density at radius 1 is 1.18 bits per heavy atom. The van der Waals surface area contributed by atoms with Gasteiger partial charge in [-0.1, -0.05) is 27.7 Å². The molecule has 2 nitrogen and oxygen atoms in total. The molecule has 0 atom stereocenters. The molecule has 0 aliphatic heterocycles. The monoisotopic (exact) mass is 228 g/mol. The van der Waals surface area contributed by atoms with Crippen LogP contribution in [0.5, 0.6) is 0 Å². The molecule has 0 saturated heterocycles. The molecule has 2 rings (SSSR count). The average molecular weight is 228 g/mol. The lowest BCUT2D eigenvalue weighted by Gasteiger charge is -2.09. The number of benzene rings is 1. The van der Waals surface area contributed by atoms with E-state index in [-0.39, 0.29) is 0 Å². The average Bonchev–Trinajstić information content (AvgIpc) is 2.61. The van der Waals surface area contributed by atoms with Crippen LogP contribution in [0.15, 0.2) is 18.2 Å². The van der Waals surface area contributed by atoms with Crippen molar-refractivity contribution in [3.05, 3.63) is 29.3 Å². The van der Waals surface area contributed by atoms with Gasteiger partial charge >= 0.3 is 0 Å². The molecule has 1 N–H and O–H groups in total. The van der Waals surface area contributed by atoms with Crippen molar-refractivity contribution < 1.29 is 0 Å². The van der Waals surface area contributed by atoms with Crippen LogP contribution in [0.2, 0.25) is 0 Å². The van der Waals surface area contributed by atoms with Crippen LogP contribution in [0, 0.1) is 29.1 Å². The van der Waals surface area contributed by atoms with Crippen molar-refractivity contribution >= 4 is 5.69 Å². The molecular weight excluding hydrogens is 208 g/mol. The van der Waals surface area contributed by atoms with Crippen LogP contribution in [-0.2, 0) is 0 Å². The van der Waals surface area contributed by atoms with Gasteiger partial charge in [-0.05, 0) is 41.5 Å². The fraction of sp³-hybridized carbons (Fsp3) is 0.533. The van der Waals surface area contributed by atoms with Crippen LogP contribution in [0.4, 0.5) is 5.69 Å². The SMILES string of the molecule is Cc1cc(NC2C(C)(C)C2(C)C)ccc1C#N. The molecule has 0 aromatic heterocycles. The first-order chi connectivity index (χ1) is 7.80. The highest BCUT2D eigenvalue weighted by molar-refractivity contribution is 5.54. The Morgan fingerprint density at radius 3 is 2.18 bits per heavy atom. The lowest BCUT2D eigenvalue weighted by Crippen LogP contribution is -2.10. The van der Waals surface area contributed by atoms with Crippen molar-refractivity contribution in [2.75, 3.05) is 5.32 Å².